The Morgan fingerprint density at radius 1 is 1.33 bits per heavy atom. The van der Waals surface area contributed by atoms with Gasteiger partial charge in [0.15, 0.2) is 5.82 Å². The molecule has 2 heterocycles. The summed E-state index contributed by atoms with van der Waals surface area (Å²) in [7, 11) is 0. The first-order valence-electron chi connectivity index (χ1n) is 6.45. The predicted octanol–water partition coefficient (Wildman–Crippen LogP) is 0.892. The molecule has 0 aromatic carbocycles. The number of halogens is 4. The fourth-order valence-electron chi connectivity index (χ4n) is 1.81. The number of nitrogens with one attached hydrogen (secondary N) is 1. The maximum atomic E-state index is 12.6. The standard InChI is InChI=1S/C11H16F4N4O2/c12-10(13)11(14,15)7-20-6-8-17-9(21-18-8)5-19-3-1-16-2-4-19/h10,16H,1-7H2. The number of nitrogens with zero attached hydrogens (tertiary/aromatic N) is 3. The number of piperazine rings is 1. The normalized spacial score (nSPS) is 17.6. The van der Waals surface area contributed by atoms with Gasteiger partial charge in [0.05, 0.1) is 6.54 Å². The Balaban J connectivity index is 1.75. The zero-order valence-electron chi connectivity index (χ0n) is 11.2. The van der Waals surface area contributed by atoms with Gasteiger partial charge in [0.2, 0.25) is 5.89 Å². The smallest absolute Gasteiger partial charge is 0.330 e. The van der Waals surface area contributed by atoms with Crippen LogP contribution in [0.2, 0.25) is 0 Å². The van der Waals surface area contributed by atoms with Crippen molar-refractivity contribution in [2.75, 3.05) is 32.8 Å². The molecular formula is C11H16F4N4O2. The number of ether oxygens (including phenoxy) is 1. The molecule has 2 rings (SSSR count). The Bertz CT molecular complexity index is 438. The zero-order chi connectivity index (χ0) is 15.3. The van der Waals surface area contributed by atoms with Crippen LogP contribution in [0.4, 0.5) is 17.6 Å². The molecule has 1 N–H and O–H groups in total. The van der Waals surface area contributed by atoms with Crippen molar-refractivity contribution in [2.24, 2.45) is 0 Å². The Morgan fingerprint density at radius 3 is 2.71 bits per heavy atom. The topological polar surface area (TPSA) is 63.4 Å². The first-order valence-corrected chi connectivity index (χ1v) is 6.45. The third-order valence-electron chi connectivity index (χ3n) is 2.92. The third-order valence-corrected chi connectivity index (χ3v) is 2.92. The Hall–Kier alpha value is -1.26. The lowest BCUT2D eigenvalue weighted by molar-refractivity contribution is -0.168. The van der Waals surface area contributed by atoms with E-state index in [1.807, 2.05) is 0 Å². The van der Waals surface area contributed by atoms with E-state index in [1.165, 1.54) is 0 Å². The molecule has 1 saturated heterocycles. The summed E-state index contributed by atoms with van der Waals surface area (Å²) in [6, 6.07) is 0. The molecule has 1 aliphatic heterocycles. The van der Waals surface area contributed by atoms with Gasteiger partial charge in [-0.05, 0) is 0 Å². The van der Waals surface area contributed by atoms with Gasteiger partial charge in [-0.15, -0.1) is 0 Å². The number of alkyl halides is 4. The molecule has 1 aromatic rings. The van der Waals surface area contributed by atoms with Gasteiger partial charge >= 0.3 is 12.3 Å². The van der Waals surface area contributed by atoms with Crippen molar-refractivity contribution in [3.8, 4) is 0 Å². The van der Waals surface area contributed by atoms with Crippen LogP contribution >= 0.6 is 0 Å². The molecule has 0 saturated carbocycles. The summed E-state index contributed by atoms with van der Waals surface area (Å²) in [5.41, 5.74) is 0. The molecule has 10 heteroatoms. The minimum Gasteiger partial charge on any atom is -0.367 e. The van der Waals surface area contributed by atoms with Crippen LogP contribution in [0.25, 0.3) is 0 Å². The van der Waals surface area contributed by atoms with Crippen molar-refractivity contribution in [1.29, 1.82) is 0 Å². The lowest BCUT2D eigenvalue weighted by Crippen LogP contribution is -2.42. The first kappa shape index (κ1) is 16.1. The van der Waals surface area contributed by atoms with Gasteiger partial charge in [-0.1, -0.05) is 5.16 Å². The van der Waals surface area contributed by atoms with Crippen LogP contribution in [0.1, 0.15) is 11.7 Å². The summed E-state index contributed by atoms with van der Waals surface area (Å²) in [6.07, 6.45) is -3.76. The maximum absolute atomic E-state index is 12.6. The molecule has 0 radical (unpaired) electrons. The van der Waals surface area contributed by atoms with Crippen molar-refractivity contribution in [2.45, 2.75) is 25.5 Å². The summed E-state index contributed by atoms with van der Waals surface area (Å²) < 4.78 is 58.5. The van der Waals surface area contributed by atoms with Crippen LogP contribution in [-0.4, -0.2) is 60.2 Å². The van der Waals surface area contributed by atoms with Crippen LogP contribution in [0.3, 0.4) is 0 Å². The highest BCUT2D eigenvalue weighted by atomic mass is 19.3. The lowest BCUT2D eigenvalue weighted by Gasteiger charge is -2.25. The van der Waals surface area contributed by atoms with E-state index in [-0.39, 0.29) is 5.82 Å². The number of hydrogen-bond donors (Lipinski definition) is 1. The molecule has 0 amide bonds. The quantitative estimate of drug-likeness (QED) is 0.755. The zero-order valence-corrected chi connectivity index (χ0v) is 11.2. The number of aromatic nitrogens is 2. The Kier molecular flexibility index (Phi) is 5.48. The summed E-state index contributed by atoms with van der Waals surface area (Å²) in [5.74, 6) is -3.77. The Labute approximate surface area is 118 Å². The molecule has 6 nitrogen and oxygen atoms in total. The van der Waals surface area contributed by atoms with Crippen LogP contribution in [0.5, 0.6) is 0 Å². The van der Waals surface area contributed by atoms with Gasteiger partial charge in [-0.25, -0.2) is 8.78 Å². The summed E-state index contributed by atoms with van der Waals surface area (Å²) in [5, 5.41) is 6.76. The minimum absolute atomic E-state index is 0.0604. The van der Waals surface area contributed by atoms with E-state index >= 15 is 0 Å². The van der Waals surface area contributed by atoms with Gasteiger partial charge in [0, 0.05) is 26.2 Å². The van der Waals surface area contributed by atoms with E-state index in [0.29, 0.717) is 12.4 Å². The molecular weight excluding hydrogens is 296 g/mol. The highest BCUT2D eigenvalue weighted by Crippen LogP contribution is 2.23. The molecule has 0 bridgehead atoms. The van der Waals surface area contributed by atoms with Crippen molar-refractivity contribution in [1.82, 2.24) is 20.4 Å². The SMILES string of the molecule is FC(F)C(F)(F)COCc1noc(CN2CCNCC2)n1. The molecule has 0 aliphatic carbocycles. The molecule has 0 atom stereocenters. The maximum Gasteiger partial charge on any atom is 0.330 e. The highest BCUT2D eigenvalue weighted by molar-refractivity contribution is 4.86. The van der Waals surface area contributed by atoms with Gasteiger partial charge in [0.25, 0.3) is 0 Å². The van der Waals surface area contributed by atoms with E-state index in [0.717, 1.165) is 26.2 Å². The van der Waals surface area contributed by atoms with Gasteiger partial charge in [-0.3, -0.25) is 4.90 Å². The van der Waals surface area contributed by atoms with Crippen LogP contribution in [0.15, 0.2) is 4.52 Å². The van der Waals surface area contributed by atoms with Gasteiger partial charge in [-0.2, -0.15) is 13.8 Å². The summed E-state index contributed by atoms with van der Waals surface area (Å²) >= 11 is 0. The fraction of sp³-hybridized carbons (Fsp3) is 0.818. The van der Waals surface area contributed by atoms with Crippen LogP contribution in [-0.2, 0) is 17.9 Å². The first-order chi connectivity index (χ1) is 9.97. The predicted molar refractivity (Wildman–Crippen MR) is 63.1 cm³/mol. The molecule has 21 heavy (non-hydrogen) atoms. The van der Waals surface area contributed by atoms with Gasteiger partial charge < -0.3 is 14.6 Å². The largest absolute Gasteiger partial charge is 0.367 e. The second-order valence-corrected chi connectivity index (χ2v) is 4.69. The molecule has 1 aliphatic rings. The molecule has 1 fully saturated rings. The molecule has 1 aromatic heterocycles. The van der Waals surface area contributed by atoms with Crippen molar-refractivity contribution < 1.29 is 26.8 Å². The third kappa shape index (κ3) is 4.90. The van der Waals surface area contributed by atoms with E-state index in [4.69, 9.17) is 4.52 Å². The van der Waals surface area contributed by atoms with E-state index < -0.39 is 25.6 Å². The van der Waals surface area contributed by atoms with Crippen molar-refractivity contribution in [3.63, 3.8) is 0 Å². The van der Waals surface area contributed by atoms with Gasteiger partial charge in [0.1, 0.15) is 13.2 Å². The lowest BCUT2D eigenvalue weighted by atomic mass is 10.3. The number of hydrogen-bond acceptors (Lipinski definition) is 6. The fourth-order valence-corrected chi connectivity index (χ4v) is 1.81. The van der Waals surface area contributed by atoms with E-state index in [2.05, 4.69) is 25.1 Å². The summed E-state index contributed by atoms with van der Waals surface area (Å²) in [4.78, 5) is 6.07. The summed E-state index contributed by atoms with van der Waals surface area (Å²) in [6.45, 7) is 2.10. The molecule has 0 unspecified atom stereocenters. The monoisotopic (exact) mass is 312 g/mol. The van der Waals surface area contributed by atoms with Crippen molar-refractivity contribution in [3.05, 3.63) is 11.7 Å². The molecule has 0 spiro atoms. The van der Waals surface area contributed by atoms with E-state index in [1.54, 1.807) is 0 Å². The molecule has 120 valence electrons. The van der Waals surface area contributed by atoms with Crippen molar-refractivity contribution >= 4 is 0 Å². The highest BCUT2D eigenvalue weighted by Gasteiger charge is 2.41. The van der Waals surface area contributed by atoms with Crippen LogP contribution < -0.4 is 5.32 Å². The Morgan fingerprint density at radius 2 is 2.05 bits per heavy atom. The second-order valence-electron chi connectivity index (χ2n) is 4.69. The van der Waals surface area contributed by atoms with E-state index in [9.17, 15) is 17.6 Å². The second kappa shape index (κ2) is 7.14. The minimum atomic E-state index is -4.17. The average molecular weight is 312 g/mol. The number of rotatable bonds is 7. The van der Waals surface area contributed by atoms with Crippen LogP contribution in [0, 0.1) is 0 Å². The average Bonchev–Trinajstić information content (AvgIpc) is 2.87.